The van der Waals surface area contributed by atoms with Gasteiger partial charge in [0.2, 0.25) is 0 Å². The van der Waals surface area contributed by atoms with Gasteiger partial charge in [-0.15, -0.1) is 0 Å². The van der Waals surface area contributed by atoms with Crippen LogP contribution in [-0.2, 0) is 9.53 Å². The summed E-state index contributed by atoms with van der Waals surface area (Å²) < 4.78 is 5.18. The Morgan fingerprint density at radius 2 is 1.83 bits per heavy atom. The molecule has 0 amide bonds. The van der Waals surface area contributed by atoms with Crippen molar-refractivity contribution in [3.05, 3.63) is 0 Å². The third kappa shape index (κ3) is 6.97. The molecule has 0 N–H and O–H groups in total. The van der Waals surface area contributed by atoms with E-state index in [4.69, 9.17) is 4.74 Å². The summed E-state index contributed by atoms with van der Waals surface area (Å²) in [6, 6.07) is -0.0675. The van der Waals surface area contributed by atoms with Gasteiger partial charge in [0.25, 0.3) is 0 Å². The molecule has 18 heavy (non-hydrogen) atoms. The number of hydrogen-bond donors (Lipinski definition) is 0. The number of nitrogens with zero attached hydrogens (tertiary/aromatic N) is 2. The Kier molecular flexibility index (Phi) is 9.98. The van der Waals surface area contributed by atoms with Crippen LogP contribution in [-0.4, -0.2) is 62.1 Å². The van der Waals surface area contributed by atoms with Crippen molar-refractivity contribution in [2.45, 2.75) is 46.1 Å². The zero-order chi connectivity index (χ0) is 14.0. The van der Waals surface area contributed by atoms with Crippen LogP contribution < -0.4 is 0 Å². The lowest BCUT2D eigenvalue weighted by molar-refractivity contribution is -0.149. The second kappa shape index (κ2) is 10.3. The van der Waals surface area contributed by atoms with E-state index in [1.807, 2.05) is 6.92 Å². The van der Waals surface area contributed by atoms with Crippen molar-refractivity contribution in [3.8, 4) is 0 Å². The van der Waals surface area contributed by atoms with E-state index < -0.39 is 0 Å². The summed E-state index contributed by atoms with van der Waals surface area (Å²) >= 11 is 0. The zero-order valence-corrected chi connectivity index (χ0v) is 12.7. The maximum absolute atomic E-state index is 12.0. The molecule has 0 aromatic rings. The van der Waals surface area contributed by atoms with Crippen LogP contribution in [0.1, 0.15) is 40.0 Å². The van der Waals surface area contributed by atoms with E-state index in [2.05, 4.69) is 37.7 Å². The Balaban J connectivity index is 4.36. The predicted molar refractivity (Wildman–Crippen MR) is 75.7 cm³/mol. The van der Waals surface area contributed by atoms with Crippen molar-refractivity contribution in [2.24, 2.45) is 0 Å². The van der Waals surface area contributed by atoms with E-state index in [0.29, 0.717) is 6.61 Å². The molecule has 0 aromatic carbocycles. The van der Waals surface area contributed by atoms with Crippen LogP contribution in [0.5, 0.6) is 0 Å². The number of rotatable bonds is 10. The van der Waals surface area contributed by atoms with E-state index in [1.165, 1.54) is 0 Å². The molecule has 1 atom stereocenters. The van der Waals surface area contributed by atoms with Crippen LogP contribution in [0, 0.1) is 0 Å². The minimum Gasteiger partial charge on any atom is -0.465 e. The fourth-order valence-electron chi connectivity index (χ4n) is 2.09. The lowest BCUT2D eigenvalue weighted by Crippen LogP contribution is -2.43. The van der Waals surface area contributed by atoms with Crippen LogP contribution in [0.3, 0.4) is 0 Å². The smallest absolute Gasteiger partial charge is 0.323 e. The number of carbonyl (C=O) groups excluding carboxylic acids is 1. The second-order valence-electron chi connectivity index (χ2n) is 4.84. The van der Waals surface area contributed by atoms with Gasteiger partial charge in [0, 0.05) is 6.54 Å². The Labute approximate surface area is 112 Å². The van der Waals surface area contributed by atoms with Gasteiger partial charge in [0.1, 0.15) is 6.04 Å². The Hall–Kier alpha value is -0.610. The largest absolute Gasteiger partial charge is 0.465 e. The van der Waals surface area contributed by atoms with E-state index in [0.717, 1.165) is 38.9 Å². The van der Waals surface area contributed by atoms with Gasteiger partial charge in [-0.1, -0.05) is 20.3 Å². The van der Waals surface area contributed by atoms with Gasteiger partial charge in [-0.25, -0.2) is 0 Å². The first-order valence-corrected chi connectivity index (χ1v) is 7.12. The summed E-state index contributed by atoms with van der Waals surface area (Å²) in [5, 5.41) is 0. The molecule has 0 aromatic heterocycles. The molecular weight excluding hydrogens is 228 g/mol. The van der Waals surface area contributed by atoms with Crippen molar-refractivity contribution < 1.29 is 9.53 Å². The molecule has 108 valence electrons. The van der Waals surface area contributed by atoms with Crippen LogP contribution in [0.2, 0.25) is 0 Å². The maximum Gasteiger partial charge on any atom is 0.323 e. The van der Waals surface area contributed by atoms with Gasteiger partial charge in [0.15, 0.2) is 0 Å². The summed E-state index contributed by atoms with van der Waals surface area (Å²) in [5.41, 5.74) is 0. The van der Waals surface area contributed by atoms with Crippen LogP contribution in [0.25, 0.3) is 0 Å². The summed E-state index contributed by atoms with van der Waals surface area (Å²) in [5.74, 6) is -0.0638. The van der Waals surface area contributed by atoms with Crippen molar-refractivity contribution in [1.29, 1.82) is 0 Å². The number of carbonyl (C=O) groups is 1. The average Bonchev–Trinajstić information content (AvgIpc) is 2.32. The van der Waals surface area contributed by atoms with E-state index >= 15 is 0 Å². The first-order chi connectivity index (χ1) is 8.56. The second-order valence-corrected chi connectivity index (χ2v) is 4.84. The van der Waals surface area contributed by atoms with E-state index in [-0.39, 0.29) is 12.0 Å². The molecule has 0 bridgehead atoms. The molecule has 0 spiro atoms. The number of ether oxygens (including phenoxy) is 1. The highest BCUT2D eigenvalue weighted by atomic mass is 16.5. The average molecular weight is 258 g/mol. The van der Waals surface area contributed by atoms with Gasteiger partial charge < -0.3 is 9.64 Å². The summed E-state index contributed by atoms with van der Waals surface area (Å²) in [7, 11) is 4.15. The molecule has 0 heterocycles. The predicted octanol–water partition coefficient (Wildman–Crippen LogP) is 1.99. The quantitative estimate of drug-likeness (QED) is 0.561. The maximum atomic E-state index is 12.0. The monoisotopic (exact) mass is 258 g/mol. The van der Waals surface area contributed by atoms with Gasteiger partial charge in [-0.05, 0) is 47.0 Å². The Bertz CT molecular complexity index is 220. The zero-order valence-electron chi connectivity index (χ0n) is 12.7. The molecule has 0 aliphatic heterocycles. The Morgan fingerprint density at radius 3 is 2.28 bits per heavy atom. The normalized spacial score (nSPS) is 13.1. The fourth-order valence-corrected chi connectivity index (χ4v) is 2.09. The van der Waals surface area contributed by atoms with Gasteiger partial charge >= 0.3 is 5.97 Å². The molecule has 0 saturated heterocycles. The third-order valence-electron chi connectivity index (χ3n) is 3.02. The fraction of sp³-hybridized carbons (Fsp3) is 0.929. The molecule has 1 unspecified atom stereocenters. The van der Waals surface area contributed by atoms with E-state index in [1.54, 1.807) is 0 Å². The highest BCUT2D eigenvalue weighted by molar-refractivity contribution is 5.75. The SMILES string of the molecule is CCCC(C(=O)OCC)N(CC)CCCN(C)C. The molecule has 0 fully saturated rings. The van der Waals surface area contributed by atoms with Crippen molar-refractivity contribution in [1.82, 2.24) is 9.80 Å². The minimum absolute atomic E-state index is 0.0638. The molecule has 4 nitrogen and oxygen atoms in total. The summed E-state index contributed by atoms with van der Waals surface area (Å²) in [4.78, 5) is 16.4. The molecule has 0 aliphatic carbocycles. The van der Waals surface area contributed by atoms with Crippen LogP contribution in [0.15, 0.2) is 0 Å². The van der Waals surface area contributed by atoms with Crippen LogP contribution >= 0.6 is 0 Å². The standard InChI is InChI=1S/C14H30N2O2/c1-6-10-13(14(17)18-8-3)16(7-2)12-9-11-15(4)5/h13H,6-12H2,1-5H3. The first kappa shape index (κ1) is 17.4. The van der Waals surface area contributed by atoms with Gasteiger partial charge in [-0.3, -0.25) is 9.69 Å². The van der Waals surface area contributed by atoms with Crippen LogP contribution in [0.4, 0.5) is 0 Å². The number of esters is 1. The molecule has 0 radical (unpaired) electrons. The highest BCUT2D eigenvalue weighted by Gasteiger charge is 2.24. The van der Waals surface area contributed by atoms with Crippen molar-refractivity contribution in [3.63, 3.8) is 0 Å². The number of hydrogen-bond acceptors (Lipinski definition) is 4. The lowest BCUT2D eigenvalue weighted by Gasteiger charge is -2.29. The molecule has 4 heteroatoms. The molecular formula is C14H30N2O2. The van der Waals surface area contributed by atoms with E-state index in [9.17, 15) is 4.79 Å². The molecule has 0 aliphatic rings. The Morgan fingerprint density at radius 1 is 1.17 bits per heavy atom. The highest BCUT2D eigenvalue weighted by Crippen LogP contribution is 2.10. The topological polar surface area (TPSA) is 32.8 Å². The lowest BCUT2D eigenvalue weighted by atomic mass is 10.1. The summed E-state index contributed by atoms with van der Waals surface area (Å²) in [6.07, 6.45) is 2.97. The minimum atomic E-state index is -0.0675. The van der Waals surface area contributed by atoms with Gasteiger partial charge in [0.05, 0.1) is 6.61 Å². The molecule has 0 saturated carbocycles. The van der Waals surface area contributed by atoms with Crippen molar-refractivity contribution in [2.75, 3.05) is 40.3 Å². The number of likely N-dealkylation sites (N-methyl/N-ethyl adjacent to an activating group) is 1. The first-order valence-electron chi connectivity index (χ1n) is 7.12. The third-order valence-corrected chi connectivity index (χ3v) is 3.02. The molecule has 0 rings (SSSR count). The van der Waals surface area contributed by atoms with Crippen molar-refractivity contribution >= 4 is 5.97 Å². The summed E-state index contributed by atoms with van der Waals surface area (Å²) in [6.45, 7) is 9.46. The van der Waals surface area contributed by atoms with Gasteiger partial charge in [-0.2, -0.15) is 0 Å².